The molecule has 1 aliphatic rings. The molecule has 2 atom stereocenters. The van der Waals surface area contributed by atoms with Gasteiger partial charge in [0.2, 0.25) is 5.91 Å². The van der Waals surface area contributed by atoms with Gasteiger partial charge in [0.05, 0.1) is 0 Å². The molecule has 0 radical (unpaired) electrons. The number of carbonyl (C=O) groups excluding carboxylic acids is 1. The van der Waals surface area contributed by atoms with Crippen molar-refractivity contribution in [2.75, 3.05) is 19.6 Å². The minimum Gasteiger partial charge on any atom is -0.481 e. The van der Waals surface area contributed by atoms with E-state index in [1.165, 1.54) is 0 Å². The van der Waals surface area contributed by atoms with E-state index in [4.69, 9.17) is 5.11 Å². The van der Waals surface area contributed by atoms with Crippen molar-refractivity contribution in [2.45, 2.75) is 52.0 Å². The predicted octanol–water partition coefficient (Wildman–Crippen LogP) is 1.48. The number of aliphatic carboxylic acids is 1. The van der Waals surface area contributed by atoms with Gasteiger partial charge in [0, 0.05) is 32.0 Å². The number of piperidine rings is 1. The molecule has 1 saturated heterocycles. The summed E-state index contributed by atoms with van der Waals surface area (Å²) in [6.07, 6.45) is 3.45. The van der Waals surface area contributed by atoms with Crippen molar-refractivity contribution in [3.8, 4) is 0 Å². The summed E-state index contributed by atoms with van der Waals surface area (Å²) in [6.45, 7) is 6.47. The predicted molar refractivity (Wildman–Crippen MR) is 73.9 cm³/mol. The lowest BCUT2D eigenvalue weighted by molar-refractivity contribution is -0.137. The SMILES string of the molecule is CCNC(C)CC(=O)N1CCCC(CCC(=O)O)C1. The summed E-state index contributed by atoms with van der Waals surface area (Å²) in [4.78, 5) is 24.6. The Morgan fingerprint density at radius 3 is 2.84 bits per heavy atom. The number of carboxylic acids is 1. The van der Waals surface area contributed by atoms with Gasteiger partial charge in [-0.3, -0.25) is 9.59 Å². The van der Waals surface area contributed by atoms with Gasteiger partial charge in [0.15, 0.2) is 0 Å². The molecule has 0 aromatic carbocycles. The highest BCUT2D eigenvalue weighted by Crippen LogP contribution is 2.21. The Balaban J connectivity index is 2.36. The first-order chi connectivity index (χ1) is 9.02. The van der Waals surface area contributed by atoms with Gasteiger partial charge in [0.25, 0.3) is 0 Å². The Morgan fingerprint density at radius 1 is 1.47 bits per heavy atom. The van der Waals surface area contributed by atoms with Gasteiger partial charge in [-0.25, -0.2) is 0 Å². The average molecular weight is 270 g/mol. The Labute approximate surface area is 115 Å². The minimum absolute atomic E-state index is 0.188. The molecule has 0 spiro atoms. The maximum Gasteiger partial charge on any atom is 0.303 e. The second-order valence-electron chi connectivity index (χ2n) is 5.44. The van der Waals surface area contributed by atoms with E-state index in [1.807, 2.05) is 18.7 Å². The van der Waals surface area contributed by atoms with Crippen molar-refractivity contribution in [2.24, 2.45) is 5.92 Å². The van der Waals surface area contributed by atoms with Gasteiger partial charge < -0.3 is 15.3 Å². The zero-order valence-corrected chi connectivity index (χ0v) is 12.0. The maximum atomic E-state index is 12.1. The summed E-state index contributed by atoms with van der Waals surface area (Å²) >= 11 is 0. The van der Waals surface area contributed by atoms with E-state index in [-0.39, 0.29) is 18.4 Å². The van der Waals surface area contributed by atoms with Crippen LogP contribution in [0.1, 0.15) is 46.0 Å². The fraction of sp³-hybridized carbons (Fsp3) is 0.857. The highest BCUT2D eigenvalue weighted by molar-refractivity contribution is 5.76. The molecule has 1 aliphatic heterocycles. The quantitative estimate of drug-likeness (QED) is 0.735. The molecule has 110 valence electrons. The van der Waals surface area contributed by atoms with Gasteiger partial charge in [-0.2, -0.15) is 0 Å². The van der Waals surface area contributed by atoms with Crippen LogP contribution >= 0.6 is 0 Å². The van der Waals surface area contributed by atoms with Crippen molar-refractivity contribution in [1.29, 1.82) is 0 Å². The van der Waals surface area contributed by atoms with Crippen LogP contribution in [0.5, 0.6) is 0 Å². The Bertz CT molecular complexity index is 307. The van der Waals surface area contributed by atoms with E-state index in [2.05, 4.69) is 5.32 Å². The molecule has 1 heterocycles. The van der Waals surface area contributed by atoms with Crippen LogP contribution in [0.25, 0.3) is 0 Å². The highest BCUT2D eigenvalue weighted by atomic mass is 16.4. The summed E-state index contributed by atoms with van der Waals surface area (Å²) in [5.74, 6) is -0.207. The number of hydrogen-bond acceptors (Lipinski definition) is 3. The Morgan fingerprint density at radius 2 is 2.21 bits per heavy atom. The molecule has 0 bridgehead atoms. The van der Waals surface area contributed by atoms with E-state index in [0.29, 0.717) is 18.8 Å². The second-order valence-corrected chi connectivity index (χ2v) is 5.44. The van der Waals surface area contributed by atoms with Crippen molar-refractivity contribution < 1.29 is 14.7 Å². The Hall–Kier alpha value is -1.10. The molecule has 1 fully saturated rings. The van der Waals surface area contributed by atoms with Crippen molar-refractivity contribution in [3.05, 3.63) is 0 Å². The molecule has 0 saturated carbocycles. The zero-order chi connectivity index (χ0) is 14.3. The van der Waals surface area contributed by atoms with Crippen LogP contribution in [0.2, 0.25) is 0 Å². The molecule has 5 heteroatoms. The second kappa shape index (κ2) is 8.15. The molecule has 2 unspecified atom stereocenters. The van der Waals surface area contributed by atoms with Crippen molar-refractivity contribution in [3.63, 3.8) is 0 Å². The van der Waals surface area contributed by atoms with E-state index < -0.39 is 5.97 Å². The molecule has 2 N–H and O–H groups in total. The number of amides is 1. The lowest BCUT2D eigenvalue weighted by Crippen LogP contribution is -2.42. The van der Waals surface area contributed by atoms with E-state index >= 15 is 0 Å². The third-order valence-corrected chi connectivity index (χ3v) is 3.67. The van der Waals surface area contributed by atoms with Crippen molar-refractivity contribution >= 4 is 11.9 Å². The van der Waals surface area contributed by atoms with Gasteiger partial charge in [0.1, 0.15) is 0 Å². The van der Waals surface area contributed by atoms with Crippen LogP contribution in [0.4, 0.5) is 0 Å². The summed E-state index contributed by atoms with van der Waals surface area (Å²) in [5.41, 5.74) is 0. The summed E-state index contributed by atoms with van der Waals surface area (Å²) in [5, 5.41) is 11.9. The number of rotatable bonds is 7. The number of likely N-dealkylation sites (tertiary alicyclic amines) is 1. The minimum atomic E-state index is -0.746. The lowest BCUT2D eigenvalue weighted by Gasteiger charge is -2.33. The third-order valence-electron chi connectivity index (χ3n) is 3.67. The van der Waals surface area contributed by atoms with E-state index in [1.54, 1.807) is 0 Å². The normalized spacial score (nSPS) is 21.2. The molecular formula is C14H26N2O3. The van der Waals surface area contributed by atoms with Crippen LogP contribution in [0, 0.1) is 5.92 Å². The monoisotopic (exact) mass is 270 g/mol. The van der Waals surface area contributed by atoms with Crippen molar-refractivity contribution in [1.82, 2.24) is 10.2 Å². The molecule has 5 nitrogen and oxygen atoms in total. The standard InChI is InChI=1S/C14H26N2O3/c1-3-15-11(2)9-13(17)16-8-4-5-12(10-16)6-7-14(18)19/h11-12,15H,3-10H2,1-2H3,(H,18,19). The number of carboxylic acid groups (broad SMARTS) is 1. The smallest absolute Gasteiger partial charge is 0.303 e. The fourth-order valence-electron chi connectivity index (χ4n) is 2.67. The van der Waals surface area contributed by atoms with E-state index in [0.717, 1.165) is 32.5 Å². The number of nitrogens with zero attached hydrogens (tertiary/aromatic N) is 1. The summed E-state index contributed by atoms with van der Waals surface area (Å²) in [7, 11) is 0. The lowest BCUT2D eigenvalue weighted by atomic mass is 9.93. The largest absolute Gasteiger partial charge is 0.481 e. The zero-order valence-electron chi connectivity index (χ0n) is 12.0. The maximum absolute atomic E-state index is 12.1. The fourth-order valence-corrected chi connectivity index (χ4v) is 2.67. The van der Waals surface area contributed by atoms with Crippen LogP contribution in [0.15, 0.2) is 0 Å². The average Bonchev–Trinajstić information content (AvgIpc) is 2.37. The molecule has 0 aliphatic carbocycles. The molecule has 19 heavy (non-hydrogen) atoms. The van der Waals surface area contributed by atoms with Gasteiger partial charge in [-0.1, -0.05) is 6.92 Å². The summed E-state index contributed by atoms with van der Waals surface area (Å²) < 4.78 is 0. The van der Waals surface area contributed by atoms with Gasteiger partial charge in [-0.05, 0) is 38.6 Å². The molecule has 0 aromatic heterocycles. The number of carbonyl (C=O) groups is 2. The molecule has 0 aromatic rings. The van der Waals surface area contributed by atoms with Crippen LogP contribution in [-0.2, 0) is 9.59 Å². The van der Waals surface area contributed by atoms with Gasteiger partial charge in [-0.15, -0.1) is 0 Å². The Kier molecular flexibility index (Phi) is 6.84. The number of nitrogens with one attached hydrogen (secondary N) is 1. The van der Waals surface area contributed by atoms with E-state index in [9.17, 15) is 9.59 Å². The molecular weight excluding hydrogens is 244 g/mol. The molecule has 1 rings (SSSR count). The van der Waals surface area contributed by atoms with Crippen LogP contribution < -0.4 is 5.32 Å². The van der Waals surface area contributed by atoms with Crippen LogP contribution in [-0.4, -0.2) is 47.6 Å². The van der Waals surface area contributed by atoms with Crippen LogP contribution in [0.3, 0.4) is 0 Å². The first-order valence-electron chi connectivity index (χ1n) is 7.25. The topological polar surface area (TPSA) is 69.6 Å². The number of hydrogen-bond donors (Lipinski definition) is 2. The highest BCUT2D eigenvalue weighted by Gasteiger charge is 2.24. The first-order valence-corrected chi connectivity index (χ1v) is 7.25. The third kappa shape index (κ3) is 6.05. The summed E-state index contributed by atoms with van der Waals surface area (Å²) in [6, 6.07) is 0.205. The first kappa shape index (κ1) is 16.0. The molecule has 1 amide bonds. The van der Waals surface area contributed by atoms with Gasteiger partial charge >= 0.3 is 5.97 Å².